The molecule has 0 radical (unpaired) electrons. The number of benzene rings is 1. The van der Waals surface area contributed by atoms with E-state index in [1.54, 1.807) is 12.1 Å². The number of carbonyl (C=O) groups is 1. The van der Waals surface area contributed by atoms with E-state index in [1.165, 1.54) is 12.1 Å². The van der Waals surface area contributed by atoms with Crippen molar-refractivity contribution in [3.63, 3.8) is 0 Å². The van der Waals surface area contributed by atoms with E-state index >= 15 is 0 Å². The smallest absolute Gasteiger partial charge is 0.225 e. The van der Waals surface area contributed by atoms with Crippen molar-refractivity contribution in [1.29, 1.82) is 0 Å². The molecule has 0 bridgehead atoms. The van der Waals surface area contributed by atoms with Gasteiger partial charge in [-0.15, -0.1) is 0 Å². The summed E-state index contributed by atoms with van der Waals surface area (Å²) in [5, 5.41) is 0. The zero-order chi connectivity index (χ0) is 12.0. The van der Waals surface area contributed by atoms with Crippen LogP contribution in [0.3, 0.4) is 0 Å². The standard InChI is InChI=1S/C13H15FN2O/c14-9-3-1-8(2-4-9)13-11(15)7-12(17)16(13)10-5-6-10/h1-4,10-11,13H,5-7,15H2. The normalized spacial score (nSPS) is 28.8. The Hall–Kier alpha value is -1.42. The first-order valence-corrected chi connectivity index (χ1v) is 5.99. The van der Waals surface area contributed by atoms with E-state index in [-0.39, 0.29) is 23.8 Å². The molecule has 1 amide bonds. The van der Waals surface area contributed by atoms with Gasteiger partial charge in [0.25, 0.3) is 0 Å². The summed E-state index contributed by atoms with van der Waals surface area (Å²) in [4.78, 5) is 13.8. The van der Waals surface area contributed by atoms with Crippen LogP contribution in [-0.2, 0) is 4.79 Å². The molecule has 3 rings (SSSR count). The highest BCUT2D eigenvalue weighted by molar-refractivity contribution is 5.81. The molecule has 2 fully saturated rings. The lowest BCUT2D eigenvalue weighted by atomic mass is 10.0. The number of amides is 1. The molecule has 2 aliphatic rings. The minimum absolute atomic E-state index is 0.0735. The number of likely N-dealkylation sites (tertiary alicyclic amines) is 1. The van der Waals surface area contributed by atoms with Gasteiger partial charge in [-0.3, -0.25) is 4.79 Å². The molecule has 4 heteroatoms. The highest BCUT2D eigenvalue weighted by atomic mass is 19.1. The molecule has 1 heterocycles. The van der Waals surface area contributed by atoms with Gasteiger partial charge < -0.3 is 10.6 Å². The predicted octanol–water partition coefficient (Wildman–Crippen LogP) is 1.59. The van der Waals surface area contributed by atoms with Crippen LogP contribution in [0.25, 0.3) is 0 Å². The number of carbonyl (C=O) groups excluding carboxylic acids is 1. The third kappa shape index (κ3) is 1.82. The molecule has 1 saturated carbocycles. The fraction of sp³-hybridized carbons (Fsp3) is 0.462. The maximum absolute atomic E-state index is 12.9. The molecule has 0 aromatic heterocycles. The van der Waals surface area contributed by atoms with Crippen molar-refractivity contribution in [3.8, 4) is 0 Å². The lowest BCUT2D eigenvalue weighted by molar-refractivity contribution is -0.129. The molecule has 2 unspecified atom stereocenters. The Bertz CT molecular complexity index is 441. The summed E-state index contributed by atoms with van der Waals surface area (Å²) in [6.45, 7) is 0. The van der Waals surface area contributed by atoms with Gasteiger partial charge in [0.1, 0.15) is 5.82 Å². The molecular weight excluding hydrogens is 219 g/mol. The van der Waals surface area contributed by atoms with Gasteiger partial charge in [-0.05, 0) is 30.5 Å². The minimum Gasteiger partial charge on any atom is -0.331 e. The van der Waals surface area contributed by atoms with Gasteiger partial charge in [0.2, 0.25) is 5.91 Å². The summed E-state index contributed by atoms with van der Waals surface area (Å²) in [5.41, 5.74) is 6.98. The summed E-state index contributed by atoms with van der Waals surface area (Å²) in [6.07, 6.45) is 2.53. The molecule has 1 saturated heterocycles. The Morgan fingerprint density at radius 3 is 2.47 bits per heavy atom. The lowest BCUT2D eigenvalue weighted by Crippen LogP contribution is -2.34. The van der Waals surface area contributed by atoms with Crippen LogP contribution in [0.2, 0.25) is 0 Å². The van der Waals surface area contributed by atoms with Gasteiger partial charge in [-0.1, -0.05) is 12.1 Å². The quantitative estimate of drug-likeness (QED) is 0.844. The van der Waals surface area contributed by atoms with E-state index in [4.69, 9.17) is 5.73 Å². The number of halogens is 1. The second kappa shape index (κ2) is 3.81. The molecule has 1 aromatic rings. The van der Waals surface area contributed by atoms with Gasteiger partial charge in [0, 0.05) is 18.5 Å². The monoisotopic (exact) mass is 234 g/mol. The predicted molar refractivity (Wildman–Crippen MR) is 61.6 cm³/mol. The number of hydrogen-bond donors (Lipinski definition) is 1. The van der Waals surface area contributed by atoms with Crippen LogP contribution in [0, 0.1) is 5.82 Å². The summed E-state index contributed by atoms with van der Waals surface area (Å²) < 4.78 is 12.9. The van der Waals surface area contributed by atoms with E-state index < -0.39 is 0 Å². The van der Waals surface area contributed by atoms with Crippen LogP contribution in [0.5, 0.6) is 0 Å². The molecule has 90 valence electrons. The van der Waals surface area contributed by atoms with Crippen LogP contribution >= 0.6 is 0 Å². The summed E-state index contributed by atoms with van der Waals surface area (Å²) in [6, 6.07) is 6.42. The van der Waals surface area contributed by atoms with Gasteiger partial charge in [0.05, 0.1) is 6.04 Å². The molecular formula is C13H15FN2O. The molecule has 2 atom stereocenters. The average molecular weight is 234 g/mol. The minimum atomic E-state index is -0.260. The maximum atomic E-state index is 12.9. The van der Waals surface area contributed by atoms with Crippen LogP contribution in [0.1, 0.15) is 30.9 Å². The first kappa shape index (κ1) is 10.7. The van der Waals surface area contributed by atoms with E-state index in [0.717, 1.165) is 18.4 Å². The average Bonchev–Trinajstić information content (AvgIpc) is 3.07. The molecule has 2 N–H and O–H groups in total. The van der Waals surface area contributed by atoms with Crippen LogP contribution in [-0.4, -0.2) is 22.9 Å². The Morgan fingerprint density at radius 1 is 1.24 bits per heavy atom. The van der Waals surface area contributed by atoms with Crippen molar-refractivity contribution in [2.75, 3.05) is 0 Å². The SMILES string of the molecule is NC1CC(=O)N(C2CC2)C1c1ccc(F)cc1. The zero-order valence-electron chi connectivity index (χ0n) is 9.47. The molecule has 0 spiro atoms. The van der Waals surface area contributed by atoms with Crippen LogP contribution in [0.15, 0.2) is 24.3 Å². The fourth-order valence-corrected chi connectivity index (χ4v) is 2.63. The van der Waals surface area contributed by atoms with Gasteiger partial charge in [-0.2, -0.15) is 0 Å². The van der Waals surface area contributed by atoms with Crippen molar-refractivity contribution in [3.05, 3.63) is 35.6 Å². The lowest BCUT2D eigenvalue weighted by Gasteiger charge is -2.27. The fourth-order valence-electron chi connectivity index (χ4n) is 2.63. The number of nitrogens with zero attached hydrogens (tertiary/aromatic N) is 1. The van der Waals surface area contributed by atoms with Gasteiger partial charge >= 0.3 is 0 Å². The van der Waals surface area contributed by atoms with E-state index in [9.17, 15) is 9.18 Å². The summed E-state index contributed by atoms with van der Waals surface area (Å²) in [7, 11) is 0. The van der Waals surface area contributed by atoms with Gasteiger partial charge in [-0.25, -0.2) is 4.39 Å². The molecule has 1 aliphatic heterocycles. The van der Waals surface area contributed by atoms with Crippen molar-refractivity contribution in [2.45, 2.75) is 37.4 Å². The molecule has 17 heavy (non-hydrogen) atoms. The second-order valence-corrected chi connectivity index (χ2v) is 4.90. The number of nitrogens with two attached hydrogens (primary N) is 1. The van der Waals surface area contributed by atoms with Crippen LogP contribution < -0.4 is 5.73 Å². The highest BCUT2D eigenvalue weighted by Crippen LogP contribution is 2.40. The number of rotatable bonds is 2. The third-order valence-corrected chi connectivity index (χ3v) is 3.56. The number of hydrogen-bond acceptors (Lipinski definition) is 2. The van der Waals surface area contributed by atoms with Crippen molar-refractivity contribution >= 4 is 5.91 Å². The molecule has 3 nitrogen and oxygen atoms in total. The van der Waals surface area contributed by atoms with E-state index in [2.05, 4.69) is 0 Å². The van der Waals surface area contributed by atoms with Crippen molar-refractivity contribution in [2.24, 2.45) is 5.73 Å². The Balaban J connectivity index is 1.93. The summed E-state index contributed by atoms with van der Waals surface area (Å²) >= 11 is 0. The topological polar surface area (TPSA) is 46.3 Å². The second-order valence-electron chi connectivity index (χ2n) is 4.90. The van der Waals surface area contributed by atoms with E-state index in [0.29, 0.717) is 12.5 Å². The summed E-state index contributed by atoms with van der Waals surface area (Å²) in [5.74, 6) is -0.126. The largest absolute Gasteiger partial charge is 0.331 e. The Morgan fingerprint density at radius 2 is 1.88 bits per heavy atom. The van der Waals surface area contributed by atoms with Crippen molar-refractivity contribution in [1.82, 2.24) is 4.90 Å². The Labute approximate surface area is 99.4 Å². The first-order valence-electron chi connectivity index (χ1n) is 5.99. The first-order chi connectivity index (χ1) is 8.16. The molecule has 1 aliphatic carbocycles. The zero-order valence-corrected chi connectivity index (χ0v) is 9.47. The Kier molecular flexibility index (Phi) is 2.40. The molecule has 1 aromatic carbocycles. The van der Waals surface area contributed by atoms with Crippen molar-refractivity contribution < 1.29 is 9.18 Å². The third-order valence-electron chi connectivity index (χ3n) is 3.56. The van der Waals surface area contributed by atoms with Gasteiger partial charge in [0.15, 0.2) is 0 Å². The maximum Gasteiger partial charge on any atom is 0.225 e. The van der Waals surface area contributed by atoms with E-state index in [1.807, 2.05) is 4.90 Å². The van der Waals surface area contributed by atoms with Crippen LogP contribution in [0.4, 0.5) is 4.39 Å². The highest BCUT2D eigenvalue weighted by Gasteiger charge is 2.45.